The van der Waals surface area contributed by atoms with E-state index < -0.39 is 0 Å². The van der Waals surface area contributed by atoms with Gasteiger partial charge in [-0.15, -0.1) is 0 Å². The van der Waals surface area contributed by atoms with Crippen molar-refractivity contribution in [3.8, 4) is 0 Å². The molecular formula is C14H18N4O. The summed E-state index contributed by atoms with van der Waals surface area (Å²) in [6.07, 6.45) is 2.20. The van der Waals surface area contributed by atoms with Crippen molar-refractivity contribution in [1.82, 2.24) is 14.5 Å². The Bertz CT molecular complexity index is 626. The van der Waals surface area contributed by atoms with Gasteiger partial charge in [-0.3, -0.25) is 4.79 Å². The van der Waals surface area contributed by atoms with E-state index in [-0.39, 0.29) is 12.5 Å². The lowest BCUT2D eigenvalue weighted by molar-refractivity contribution is -0.130. The van der Waals surface area contributed by atoms with Crippen molar-refractivity contribution in [2.75, 3.05) is 18.8 Å². The molecule has 1 aromatic carbocycles. The molecule has 0 bridgehead atoms. The lowest BCUT2D eigenvalue weighted by Crippen LogP contribution is -2.31. The summed E-state index contributed by atoms with van der Waals surface area (Å²) < 4.78 is 1.80. The molecule has 5 heteroatoms. The Hall–Kier alpha value is -2.04. The van der Waals surface area contributed by atoms with E-state index in [2.05, 4.69) is 4.98 Å². The van der Waals surface area contributed by atoms with Gasteiger partial charge in [0.25, 0.3) is 0 Å². The average molecular weight is 258 g/mol. The predicted octanol–water partition coefficient (Wildman–Crippen LogP) is 1.55. The lowest BCUT2D eigenvalue weighted by Gasteiger charge is -2.16. The minimum absolute atomic E-state index is 0.129. The van der Waals surface area contributed by atoms with Gasteiger partial charge in [0, 0.05) is 13.1 Å². The second kappa shape index (κ2) is 4.57. The molecule has 2 aromatic rings. The van der Waals surface area contributed by atoms with Gasteiger partial charge >= 0.3 is 0 Å². The zero-order valence-corrected chi connectivity index (χ0v) is 11.1. The molecule has 1 aliphatic rings. The molecule has 0 atom stereocenters. The van der Waals surface area contributed by atoms with Crippen molar-refractivity contribution in [2.45, 2.75) is 26.3 Å². The SMILES string of the molecule is Cc1ccc2c(c1)nc(N)n2CC(=O)N1CCCC1. The summed E-state index contributed by atoms with van der Waals surface area (Å²) in [5.74, 6) is 0.539. The molecule has 0 spiro atoms. The van der Waals surface area contributed by atoms with Crippen molar-refractivity contribution in [2.24, 2.45) is 0 Å². The molecule has 0 aliphatic carbocycles. The fourth-order valence-corrected chi connectivity index (χ4v) is 2.63. The molecule has 2 N–H and O–H groups in total. The molecule has 19 heavy (non-hydrogen) atoms. The highest BCUT2D eigenvalue weighted by atomic mass is 16.2. The van der Waals surface area contributed by atoms with E-state index in [1.54, 1.807) is 4.57 Å². The van der Waals surface area contributed by atoms with Crippen LogP contribution in [0.3, 0.4) is 0 Å². The van der Waals surface area contributed by atoms with Gasteiger partial charge in [-0.2, -0.15) is 0 Å². The maximum absolute atomic E-state index is 12.2. The fraction of sp³-hybridized carbons (Fsp3) is 0.429. The smallest absolute Gasteiger partial charge is 0.242 e. The highest BCUT2D eigenvalue weighted by Gasteiger charge is 2.20. The van der Waals surface area contributed by atoms with Crippen LogP contribution in [0.4, 0.5) is 5.95 Å². The van der Waals surface area contributed by atoms with Crippen molar-refractivity contribution in [3.05, 3.63) is 23.8 Å². The molecule has 0 unspecified atom stereocenters. The maximum atomic E-state index is 12.2. The fourth-order valence-electron chi connectivity index (χ4n) is 2.63. The van der Waals surface area contributed by atoms with Gasteiger partial charge in [-0.1, -0.05) is 6.07 Å². The van der Waals surface area contributed by atoms with Crippen LogP contribution in [0.15, 0.2) is 18.2 Å². The van der Waals surface area contributed by atoms with Gasteiger partial charge < -0.3 is 15.2 Å². The van der Waals surface area contributed by atoms with E-state index in [9.17, 15) is 4.79 Å². The predicted molar refractivity (Wildman–Crippen MR) is 74.7 cm³/mol. The number of hydrogen-bond donors (Lipinski definition) is 1. The Morgan fingerprint density at radius 3 is 2.84 bits per heavy atom. The van der Waals surface area contributed by atoms with Crippen molar-refractivity contribution < 1.29 is 4.79 Å². The summed E-state index contributed by atoms with van der Waals surface area (Å²) in [6.45, 7) is 4.03. The number of benzene rings is 1. The van der Waals surface area contributed by atoms with Gasteiger partial charge in [-0.05, 0) is 37.5 Å². The Kier molecular flexibility index (Phi) is 2.89. The number of nitrogens with two attached hydrogens (primary N) is 1. The number of likely N-dealkylation sites (tertiary alicyclic amines) is 1. The number of aromatic nitrogens is 2. The van der Waals surface area contributed by atoms with Crippen LogP contribution in [0.1, 0.15) is 18.4 Å². The van der Waals surface area contributed by atoms with Crippen LogP contribution in [0.2, 0.25) is 0 Å². The monoisotopic (exact) mass is 258 g/mol. The highest BCUT2D eigenvalue weighted by molar-refractivity contribution is 5.83. The molecule has 0 radical (unpaired) electrons. The Morgan fingerprint density at radius 1 is 1.37 bits per heavy atom. The first-order valence-corrected chi connectivity index (χ1v) is 6.65. The number of nitrogens with zero attached hydrogens (tertiary/aromatic N) is 3. The number of imidazole rings is 1. The number of amides is 1. The van der Waals surface area contributed by atoms with E-state index >= 15 is 0 Å². The molecule has 100 valence electrons. The lowest BCUT2D eigenvalue weighted by atomic mass is 10.2. The van der Waals surface area contributed by atoms with Crippen LogP contribution in [0.25, 0.3) is 11.0 Å². The summed E-state index contributed by atoms with van der Waals surface area (Å²) >= 11 is 0. The zero-order valence-electron chi connectivity index (χ0n) is 11.1. The molecule has 3 rings (SSSR count). The molecule has 1 amide bonds. The summed E-state index contributed by atoms with van der Waals surface area (Å²) in [7, 11) is 0. The minimum atomic E-state index is 0.129. The summed E-state index contributed by atoms with van der Waals surface area (Å²) in [5.41, 5.74) is 8.85. The second-order valence-corrected chi connectivity index (χ2v) is 5.14. The van der Waals surface area contributed by atoms with Gasteiger partial charge in [0.05, 0.1) is 11.0 Å². The molecular weight excluding hydrogens is 240 g/mol. The molecule has 0 saturated carbocycles. The van der Waals surface area contributed by atoms with Gasteiger partial charge in [-0.25, -0.2) is 4.98 Å². The third-order valence-electron chi connectivity index (χ3n) is 3.69. The number of carbonyl (C=O) groups is 1. The Morgan fingerprint density at radius 2 is 2.11 bits per heavy atom. The topological polar surface area (TPSA) is 64.1 Å². The number of hydrogen-bond acceptors (Lipinski definition) is 3. The molecule has 1 aromatic heterocycles. The number of aryl methyl sites for hydroxylation is 1. The van der Waals surface area contributed by atoms with Gasteiger partial charge in [0.1, 0.15) is 6.54 Å². The quantitative estimate of drug-likeness (QED) is 0.889. The first kappa shape index (κ1) is 12.0. The van der Waals surface area contributed by atoms with E-state index in [0.29, 0.717) is 5.95 Å². The van der Waals surface area contributed by atoms with Crippen LogP contribution in [0, 0.1) is 6.92 Å². The second-order valence-electron chi connectivity index (χ2n) is 5.14. The summed E-state index contributed by atoms with van der Waals surface area (Å²) in [5, 5.41) is 0. The van der Waals surface area contributed by atoms with Crippen LogP contribution < -0.4 is 5.73 Å². The minimum Gasteiger partial charge on any atom is -0.369 e. The van der Waals surface area contributed by atoms with E-state index in [1.165, 1.54) is 0 Å². The largest absolute Gasteiger partial charge is 0.369 e. The van der Waals surface area contributed by atoms with E-state index in [4.69, 9.17) is 5.73 Å². The first-order valence-electron chi connectivity index (χ1n) is 6.65. The van der Waals surface area contributed by atoms with Gasteiger partial charge in [0.15, 0.2) is 0 Å². The zero-order chi connectivity index (χ0) is 13.4. The van der Waals surface area contributed by atoms with E-state index in [1.807, 2.05) is 30.0 Å². The summed E-state index contributed by atoms with van der Waals surface area (Å²) in [6, 6.07) is 5.98. The van der Waals surface area contributed by atoms with Crippen LogP contribution in [-0.4, -0.2) is 33.4 Å². The molecule has 1 saturated heterocycles. The Balaban J connectivity index is 1.91. The summed E-state index contributed by atoms with van der Waals surface area (Å²) in [4.78, 5) is 18.4. The standard InChI is InChI=1S/C14H18N4O/c1-10-4-5-12-11(8-10)16-14(15)18(12)9-13(19)17-6-2-3-7-17/h4-5,8H,2-3,6-7,9H2,1H3,(H2,15,16). The van der Waals surface area contributed by atoms with Crippen LogP contribution >= 0.6 is 0 Å². The van der Waals surface area contributed by atoms with Crippen LogP contribution in [0.5, 0.6) is 0 Å². The third-order valence-corrected chi connectivity index (χ3v) is 3.69. The number of nitrogen functional groups attached to an aromatic ring is 1. The van der Waals surface area contributed by atoms with Crippen molar-refractivity contribution >= 4 is 22.9 Å². The van der Waals surface area contributed by atoms with Crippen LogP contribution in [-0.2, 0) is 11.3 Å². The number of anilines is 1. The molecule has 5 nitrogen and oxygen atoms in total. The van der Waals surface area contributed by atoms with E-state index in [0.717, 1.165) is 42.5 Å². The molecule has 1 fully saturated rings. The first-order chi connectivity index (χ1) is 9.15. The number of rotatable bonds is 2. The van der Waals surface area contributed by atoms with Crippen molar-refractivity contribution in [1.29, 1.82) is 0 Å². The normalized spacial score (nSPS) is 15.3. The molecule has 1 aliphatic heterocycles. The molecule has 2 heterocycles. The highest BCUT2D eigenvalue weighted by Crippen LogP contribution is 2.20. The Labute approximate surface area is 112 Å². The maximum Gasteiger partial charge on any atom is 0.242 e. The number of fused-ring (bicyclic) bond motifs is 1. The third kappa shape index (κ3) is 2.16. The number of carbonyl (C=O) groups excluding carboxylic acids is 1. The van der Waals surface area contributed by atoms with Crippen molar-refractivity contribution in [3.63, 3.8) is 0 Å². The van der Waals surface area contributed by atoms with Gasteiger partial charge in [0.2, 0.25) is 11.9 Å². The average Bonchev–Trinajstić information content (AvgIpc) is 2.98.